The van der Waals surface area contributed by atoms with E-state index in [1.54, 1.807) is 6.07 Å². The van der Waals surface area contributed by atoms with E-state index in [2.05, 4.69) is 131 Å². The Bertz CT molecular complexity index is 2560. The smallest absolute Gasteiger partial charge is 0.189 e. The second kappa shape index (κ2) is 12.6. The fourth-order valence-corrected chi connectivity index (χ4v) is 12.6. The Labute approximate surface area is 291 Å². The fraction of sp³-hybridized carbons (Fsp3) is 0. The zero-order valence-corrected chi connectivity index (χ0v) is 28.0. The zero-order chi connectivity index (χ0) is 34.1. The van der Waals surface area contributed by atoms with Crippen LogP contribution in [-0.4, -0.2) is 12.6 Å². The van der Waals surface area contributed by atoms with Gasteiger partial charge in [-0.2, -0.15) is 10.5 Å². The Morgan fingerprint density at radius 2 is 1.10 bits per heavy atom. The molecule has 5 heteroatoms. The molecule has 0 saturated carbocycles. The maximum absolute atomic E-state index is 10.9. The Balaban J connectivity index is 1.43. The molecule has 1 heterocycles. The second-order valence-corrected chi connectivity index (χ2v) is 16.0. The predicted octanol–water partition coefficient (Wildman–Crippen LogP) is 8.12. The normalized spacial score (nSPS) is 11.1. The summed E-state index contributed by atoms with van der Waals surface area (Å²) in [5.41, 5.74) is 6.42. The predicted molar refractivity (Wildman–Crippen MR) is 206 cm³/mol. The number of benzene rings is 7. The third kappa shape index (κ3) is 4.80. The summed E-state index contributed by atoms with van der Waals surface area (Å²) in [7, 11) is -3.13. The van der Waals surface area contributed by atoms with E-state index in [1.807, 2.05) is 54.6 Å². The van der Waals surface area contributed by atoms with Crippen LogP contribution in [0.25, 0.3) is 43.5 Å². The van der Waals surface area contributed by atoms with Crippen molar-refractivity contribution in [2.24, 2.45) is 0 Å². The minimum Gasteiger partial charge on any atom is -0.309 e. The molecule has 50 heavy (non-hydrogen) atoms. The van der Waals surface area contributed by atoms with Gasteiger partial charge in [-0.25, -0.2) is 4.85 Å². The SMILES string of the molecule is [C-]#[N+]c1cc(C#N)c([Si](c2ccccc2)(c2ccccc2)c2ccccc2)c(-c2ccc(-n3c4ccccc4c4cc(C#N)ccc43)cc2)c1. The molecule has 0 aliphatic rings. The monoisotopic (exact) mass is 652 g/mol. The van der Waals surface area contributed by atoms with Gasteiger partial charge in [-0.15, -0.1) is 0 Å². The van der Waals surface area contributed by atoms with Gasteiger partial charge in [0.1, 0.15) is 0 Å². The molecule has 0 fully saturated rings. The van der Waals surface area contributed by atoms with Crippen LogP contribution in [0, 0.1) is 29.2 Å². The molecule has 0 spiro atoms. The molecule has 1 aromatic heterocycles. The Kier molecular flexibility index (Phi) is 7.63. The average molecular weight is 653 g/mol. The molecular weight excluding hydrogens is 625 g/mol. The second-order valence-electron chi connectivity index (χ2n) is 12.2. The van der Waals surface area contributed by atoms with Crippen molar-refractivity contribution in [1.29, 1.82) is 10.5 Å². The maximum atomic E-state index is 10.9. The fourth-order valence-electron chi connectivity index (χ4n) is 7.52. The molecule has 0 unspecified atom stereocenters. The molecule has 8 rings (SSSR count). The van der Waals surface area contributed by atoms with Crippen molar-refractivity contribution >= 4 is 56.3 Å². The molecule has 0 aliphatic carbocycles. The van der Waals surface area contributed by atoms with Crippen molar-refractivity contribution in [3.8, 4) is 29.0 Å². The van der Waals surface area contributed by atoms with Crippen LogP contribution in [0.3, 0.4) is 0 Å². The van der Waals surface area contributed by atoms with Crippen LogP contribution in [0.2, 0.25) is 0 Å². The number of nitrogens with zero attached hydrogens (tertiary/aromatic N) is 4. The number of aromatic nitrogens is 1. The van der Waals surface area contributed by atoms with E-state index in [0.29, 0.717) is 16.8 Å². The quantitative estimate of drug-likeness (QED) is 0.104. The van der Waals surface area contributed by atoms with Gasteiger partial charge in [0.15, 0.2) is 13.8 Å². The van der Waals surface area contributed by atoms with E-state index in [9.17, 15) is 10.5 Å². The van der Waals surface area contributed by atoms with Gasteiger partial charge in [0.25, 0.3) is 0 Å². The summed E-state index contributed by atoms with van der Waals surface area (Å²) in [4.78, 5) is 3.83. The average Bonchev–Trinajstić information content (AvgIpc) is 3.53. The van der Waals surface area contributed by atoms with Gasteiger partial charge in [0.05, 0.1) is 35.3 Å². The molecule has 0 bridgehead atoms. The summed E-state index contributed by atoms with van der Waals surface area (Å²) in [6.07, 6.45) is 0. The molecule has 0 amide bonds. The molecule has 0 saturated heterocycles. The van der Waals surface area contributed by atoms with Crippen molar-refractivity contribution in [2.75, 3.05) is 0 Å². The largest absolute Gasteiger partial charge is 0.309 e. The van der Waals surface area contributed by atoms with Crippen LogP contribution in [-0.2, 0) is 0 Å². The van der Waals surface area contributed by atoms with Gasteiger partial charge < -0.3 is 4.57 Å². The van der Waals surface area contributed by atoms with Gasteiger partial charge in [0, 0.05) is 22.0 Å². The lowest BCUT2D eigenvalue weighted by Gasteiger charge is -2.37. The van der Waals surface area contributed by atoms with Crippen molar-refractivity contribution in [3.05, 3.63) is 192 Å². The number of nitriles is 2. The molecule has 0 N–H and O–H groups in total. The summed E-state index contributed by atoms with van der Waals surface area (Å²) in [5.74, 6) is 0. The highest BCUT2D eigenvalue weighted by molar-refractivity contribution is 7.20. The van der Waals surface area contributed by atoms with Crippen LogP contribution in [0.5, 0.6) is 0 Å². The van der Waals surface area contributed by atoms with Crippen LogP contribution >= 0.6 is 0 Å². The van der Waals surface area contributed by atoms with Crippen LogP contribution in [0.4, 0.5) is 5.69 Å². The Hall–Kier alpha value is -6.97. The highest BCUT2D eigenvalue weighted by Gasteiger charge is 2.44. The van der Waals surface area contributed by atoms with Gasteiger partial charge >= 0.3 is 0 Å². The van der Waals surface area contributed by atoms with Crippen molar-refractivity contribution in [3.63, 3.8) is 0 Å². The van der Waals surface area contributed by atoms with Crippen molar-refractivity contribution < 1.29 is 0 Å². The van der Waals surface area contributed by atoms with E-state index in [4.69, 9.17) is 6.57 Å². The Morgan fingerprint density at radius 3 is 1.66 bits per heavy atom. The van der Waals surface area contributed by atoms with Gasteiger partial charge in [-0.05, 0) is 80.4 Å². The van der Waals surface area contributed by atoms with Crippen LogP contribution < -0.4 is 20.7 Å². The minimum atomic E-state index is -3.13. The first-order valence-corrected chi connectivity index (χ1v) is 18.3. The van der Waals surface area contributed by atoms with E-state index in [-0.39, 0.29) is 0 Å². The van der Waals surface area contributed by atoms with E-state index in [0.717, 1.165) is 59.4 Å². The lowest BCUT2D eigenvalue weighted by atomic mass is 10.0. The summed E-state index contributed by atoms with van der Waals surface area (Å²) in [6, 6.07) is 62.7. The summed E-state index contributed by atoms with van der Waals surface area (Å²) in [6.45, 7) is 8.01. The summed E-state index contributed by atoms with van der Waals surface area (Å²) < 4.78 is 2.23. The first-order valence-electron chi connectivity index (χ1n) is 16.3. The van der Waals surface area contributed by atoms with Crippen molar-refractivity contribution in [2.45, 2.75) is 0 Å². The molecular formula is C45H28N4Si. The molecule has 232 valence electrons. The molecule has 4 nitrogen and oxygen atoms in total. The Morgan fingerprint density at radius 1 is 0.540 bits per heavy atom. The lowest BCUT2D eigenvalue weighted by molar-refractivity contribution is 1.18. The van der Waals surface area contributed by atoms with E-state index >= 15 is 0 Å². The number of hydrogen-bond donors (Lipinski definition) is 0. The maximum Gasteiger partial charge on any atom is 0.189 e. The number of hydrogen-bond acceptors (Lipinski definition) is 2. The minimum absolute atomic E-state index is 0.428. The van der Waals surface area contributed by atoms with Crippen LogP contribution in [0.1, 0.15) is 11.1 Å². The topological polar surface area (TPSA) is 56.9 Å². The summed E-state index contributed by atoms with van der Waals surface area (Å²) in [5, 5.41) is 27.0. The third-order valence-electron chi connectivity index (χ3n) is 9.61. The molecule has 8 aromatic rings. The van der Waals surface area contributed by atoms with E-state index < -0.39 is 8.07 Å². The molecule has 0 atom stereocenters. The number of para-hydroxylation sites is 1. The van der Waals surface area contributed by atoms with Gasteiger partial charge in [-0.3, -0.25) is 0 Å². The highest BCUT2D eigenvalue weighted by atomic mass is 28.3. The summed E-state index contributed by atoms with van der Waals surface area (Å²) >= 11 is 0. The molecule has 7 aromatic carbocycles. The molecule has 0 aliphatic heterocycles. The number of rotatable bonds is 6. The van der Waals surface area contributed by atoms with Gasteiger partial charge in [0.2, 0.25) is 0 Å². The number of fused-ring (bicyclic) bond motifs is 3. The van der Waals surface area contributed by atoms with Crippen LogP contribution in [0.15, 0.2) is 170 Å². The molecule has 0 radical (unpaired) electrons. The third-order valence-corrected chi connectivity index (χ3v) is 14.5. The standard InChI is InChI=1S/C45H28N4Si/c1-48-35-28-34(31-47)45(50(37-13-5-2-6-14-37,38-15-7-3-8-16-38)39-17-9-4-10-18-39)41(29-35)33-22-24-36(25-23-33)49-43-20-12-11-19-40(43)42-27-32(30-46)21-26-44(42)49/h2-29H. The van der Waals surface area contributed by atoms with E-state index in [1.165, 1.54) is 0 Å². The van der Waals surface area contributed by atoms with Crippen molar-refractivity contribution in [1.82, 2.24) is 4.57 Å². The van der Waals surface area contributed by atoms with Gasteiger partial charge in [-0.1, -0.05) is 121 Å². The first-order chi connectivity index (χ1) is 24.7. The zero-order valence-electron chi connectivity index (χ0n) is 27.0. The highest BCUT2D eigenvalue weighted by Crippen LogP contribution is 2.34. The first kappa shape index (κ1) is 30.4. The lowest BCUT2D eigenvalue weighted by Crippen LogP contribution is -2.75.